The standard InChI is InChI=1S/C9H9IO3/c1-9(10,8(12)13)6-2-4-7(11)5-3-6/h2-5,11H,1H3,(H,12,13)/i10-4. The number of benzene rings is 1. The fourth-order valence-corrected chi connectivity index (χ4v) is 1.26. The number of aliphatic carboxylic acids is 1. The number of halogens is 1. The summed E-state index contributed by atoms with van der Waals surface area (Å²) >= 11 is 1.86. The number of phenolic OH excluding ortho intramolecular Hbond substituents is 1. The summed E-state index contributed by atoms with van der Waals surface area (Å²) in [5.41, 5.74) is 0.665. The van der Waals surface area contributed by atoms with Crippen molar-refractivity contribution in [3.05, 3.63) is 29.8 Å². The van der Waals surface area contributed by atoms with Crippen molar-refractivity contribution in [2.45, 2.75) is 10.3 Å². The summed E-state index contributed by atoms with van der Waals surface area (Å²) in [6, 6.07) is 6.18. The van der Waals surface area contributed by atoms with Crippen LogP contribution >= 0.6 is 22.6 Å². The molecule has 1 aromatic rings. The Morgan fingerprint density at radius 1 is 1.38 bits per heavy atom. The molecule has 0 aliphatic carbocycles. The van der Waals surface area contributed by atoms with Gasteiger partial charge in [-0.2, -0.15) is 0 Å². The van der Waals surface area contributed by atoms with Crippen molar-refractivity contribution in [3.63, 3.8) is 0 Å². The molecule has 1 atom stereocenters. The summed E-state index contributed by atoms with van der Waals surface area (Å²) < 4.78 is -0.939. The molecule has 0 saturated heterocycles. The molecule has 2 N–H and O–H groups in total. The highest BCUT2D eigenvalue weighted by molar-refractivity contribution is 14.1. The van der Waals surface area contributed by atoms with E-state index in [9.17, 15) is 4.79 Å². The first-order chi connectivity index (χ1) is 5.94. The predicted octanol–water partition coefficient (Wildman–Crippen LogP) is 2.13. The van der Waals surface area contributed by atoms with E-state index >= 15 is 0 Å². The molecule has 0 amide bonds. The van der Waals surface area contributed by atoms with Crippen LogP contribution in [-0.4, -0.2) is 16.2 Å². The van der Waals surface area contributed by atoms with Crippen molar-refractivity contribution in [1.29, 1.82) is 0 Å². The lowest BCUT2D eigenvalue weighted by molar-refractivity contribution is -0.139. The first-order valence-corrected chi connectivity index (χ1v) is 4.74. The van der Waals surface area contributed by atoms with Crippen LogP contribution in [0.4, 0.5) is 0 Å². The molecule has 0 spiro atoms. The van der Waals surface area contributed by atoms with E-state index in [1.807, 2.05) is 22.6 Å². The monoisotopic (exact) mass is 288 g/mol. The molecule has 0 aliphatic rings. The van der Waals surface area contributed by atoms with Crippen LogP contribution in [0.15, 0.2) is 24.3 Å². The van der Waals surface area contributed by atoms with Crippen molar-refractivity contribution in [2.24, 2.45) is 0 Å². The molecule has 0 aromatic heterocycles. The largest absolute Gasteiger partial charge is 0.508 e. The number of hydrogen-bond acceptors (Lipinski definition) is 2. The first kappa shape index (κ1) is 10.3. The summed E-state index contributed by atoms with van der Waals surface area (Å²) in [4.78, 5) is 10.8. The molecule has 4 heteroatoms. The number of carboxylic acid groups (broad SMARTS) is 1. The van der Waals surface area contributed by atoms with Gasteiger partial charge in [-0.25, -0.2) is 0 Å². The maximum atomic E-state index is 10.8. The predicted molar refractivity (Wildman–Crippen MR) is 57.1 cm³/mol. The molecular formula is C9H9IO3. The van der Waals surface area contributed by atoms with Crippen LogP contribution in [0.5, 0.6) is 5.75 Å². The number of carbonyl (C=O) groups is 1. The minimum Gasteiger partial charge on any atom is -0.508 e. The van der Waals surface area contributed by atoms with Gasteiger partial charge in [-0.3, -0.25) is 4.79 Å². The fourth-order valence-electron chi connectivity index (χ4n) is 0.898. The van der Waals surface area contributed by atoms with Gasteiger partial charge in [0.05, 0.1) is 0 Å². The Labute approximate surface area is 89.5 Å². The minimum absolute atomic E-state index is 0.140. The highest BCUT2D eigenvalue weighted by Gasteiger charge is 2.31. The van der Waals surface area contributed by atoms with Crippen LogP contribution in [0.2, 0.25) is 0 Å². The molecule has 0 fully saturated rings. The van der Waals surface area contributed by atoms with E-state index in [-0.39, 0.29) is 5.75 Å². The Hall–Kier alpha value is -0.780. The van der Waals surface area contributed by atoms with E-state index in [1.54, 1.807) is 19.1 Å². The van der Waals surface area contributed by atoms with E-state index < -0.39 is 9.39 Å². The minimum atomic E-state index is -0.939. The lowest BCUT2D eigenvalue weighted by Gasteiger charge is -2.17. The van der Waals surface area contributed by atoms with Gasteiger partial charge in [0.25, 0.3) is 0 Å². The van der Waals surface area contributed by atoms with Gasteiger partial charge in [-0.05, 0) is 24.6 Å². The van der Waals surface area contributed by atoms with E-state index in [0.717, 1.165) is 0 Å². The zero-order valence-corrected chi connectivity index (χ0v) is 9.15. The number of carboxylic acids is 1. The number of rotatable bonds is 2. The van der Waals surface area contributed by atoms with Gasteiger partial charge in [0.1, 0.15) is 9.17 Å². The Balaban J connectivity index is 3.08. The third-order valence-corrected chi connectivity index (χ3v) is 2.90. The second-order valence-corrected chi connectivity index (χ2v) is 5.01. The number of aromatic hydroxyl groups is 1. The fraction of sp³-hybridized carbons (Fsp3) is 0.222. The summed E-state index contributed by atoms with van der Waals surface area (Å²) in [6.07, 6.45) is 0. The summed E-state index contributed by atoms with van der Waals surface area (Å²) in [6.45, 7) is 1.61. The van der Waals surface area contributed by atoms with Gasteiger partial charge in [0.2, 0.25) is 0 Å². The van der Waals surface area contributed by atoms with Crippen LogP contribution < -0.4 is 0 Å². The van der Waals surface area contributed by atoms with Crippen LogP contribution in [0, 0.1) is 0 Å². The molecular weight excluding hydrogens is 279 g/mol. The first-order valence-electron chi connectivity index (χ1n) is 3.66. The Kier molecular flexibility index (Phi) is 2.80. The summed E-state index contributed by atoms with van der Waals surface area (Å²) in [7, 11) is 0. The van der Waals surface area contributed by atoms with E-state index in [2.05, 4.69) is 0 Å². The topological polar surface area (TPSA) is 57.5 Å². The number of alkyl halides is 1. The van der Waals surface area contributed by atoms with Crippen molar-refractivity contribution < 1.29 is 15.0 Å². The Bertz CT molecular complexity index is 316. The second kappa shape index (κ2) is 3.53. The lowest BCUT2D eigenvalue weighted by atomic mass is 10.0. The van der Waals surface area contributed by atoms with Gasteiger partial charge in [0, 0.05) is 0 Å². The lowest BCUT2D eigenvalue weighted by Crippen LogP contribution is -2.24. The zero-order chi connectivity index (χ0) is 10.1. The normalized spacial score (nSPS) is 14.9. The van der Waals surface area contributed by atoms with Gasteiger partial charge < -0.3 is 10.2 Å². The zero-order valence-electron chi connectivity index (χ0n) is 6.99. The summed E-state index contributed by atoms with van der Waals surface area (Å²) in [5.74, 6) is -0.750. The third-order valence-electron chi connectivity index (χ3n) is 1.81. The van der Waals surface area contributed by atoms with Gasteiger partial charge in [-0.1, -0.05) is 34.7 Å². The molecule has 13 heavy (non-hydrogen) atoms. The molecule has 1 unspecified atom stereocenters. The van der Waals surface area contributed by atoms with Gasteiger partial charge >= 0.3 is 5.97 Å². The second-order valence-electron chi connectivity index (χ2n) is 2.85. The molecule has 3 nitrogen and oxygen atoms in total. The molecule has 70 valence electrons. The van der Waals surface area contributed by atoms with E-state index in [0.29, 0.717) is 5.56 Å². The quantitative estimate of drug-likeness (QED) is 0.647. The Morgan fingerprint density at radius 3 is 2.23 bits per heavy atom. The van der Waals surface area contributed by atoms with Crippen LogP contribution in [0.1, 0.15) is 12.5 Å². The van der Waals surface area contributed by atoms with E-state index in [4.69, 9.17) is 10.2 Å². The van der Waals surface area contributed by atoms with Crippen molar-refractivity contribution >= 4 is 28.6 Å². The van der Waals surface area contributed by atoms with Crippen molar-refractivity contribution in [2.75, 3.05) is 0 Å². The van der Waals surface area contributed by atoms with Gasteiger partial charge in [-0.15, -0.1) is 0 Å². The molecule has 0 aliphatic heterocycles. The highest BCUT2D eigenvalue weighted by Crippen LogP contribution is 2.32. The van der Waals surface area contributed by atoms with E-state index in [1.165, 1.54) is 12.1 Å². The third kappa shape index (κ3) is 2.12. The smallest absolute Gasteiger partial charge is 0.323 e. The molecule has 0 bridgehead atoms. The molecule has 0 saturated carbocycles. The van der Waals surface area contributed by atoms with Gasteiger partial charge in [0.15, 0.2) is 0 Å². The van der Waals surface area contributed by atoms with Crippen molar-refractivity contribution in [1.82, 2.24) is 0 Å². The average molecular weight is 288 g/mol. The molecule has 0 heterocycles. The summed E-state index contributed by atoms with van der Waals surface area (Å²) in [5, 5.41) is 17.9. The van der Waals surface area contributed by atoms with Crippen LogP contribution in [0.3, 0.4) is 0 Å². The highest BCUT2D eigenvalue weighted by atomic mass is 123. The molecule has 1 rings (SSSR count). The maximum absolute atomic E-state index is 10.8. The number of phenols is 1. The average Bonchev–Trinajstić information content (AvgIpc) is 2.04. The van der Waals surface area contributed by atoms with Crippen LogP contribution in [0.25, 0.3) is 0 Å². The van der Waals surface area contributed by atoms with Crippen LogP contribution in [-0.2, 0) is 8.22 Å². The molecule has 0 radical (unpaired) electrons. The number of hydrogen-bond donors (Lipinski definition) is 2. The molecule has 1 aromatic carbocycles. The van der Waals surface area contributed by atoms with Crippen molar-refractivity contribution in [3.8, 4) is 5.75 Å². The SMILES string of the molecule is CC([123I])(C(=O)O)c1ccc(O)cc1. The Morgan fingerprint density at radius 2 is 1.85 bits per heavy atom. The maximum Gasteiger partial charge on any atom is 0.323 e.